The normalized spacial score (nSPS) is 11.5. The van der Waals surface area contributed by atoms with Crippen LogP contribution < -0.4 is 15.4 Å². The number of aliphatic hydroxyl groups is 1. The summed E-state index contributed by atoms with van der Waals surface area (Å²) in [5, 5.41) is 14.4. The molecule has 0 aliphatic heterocycles. The first-order chi connectivity index (χ1) is 12.0. The first-order valence-electron chi connectivity index (χ1n) is 7.61. The lowest BCUT2D eigenvalue weighted by Gasteiger charge is -2.16. The molecule has 2 aromatic carbocycles. The highest BCUT2D eigenvalue weighted by Gasteiger charge is 2.20. The van der Waals surface area contributed by atoms with E-state index in [0.717, 1.165) is 0 Å². The van der Waals surface area contributed by atoms with Gasteiger partial charge in [0.25, 0.3) is 5.91 Å². The zero-order valence-corrected chi connectivity index (χ0v) is 13.7. The number of carbonyl (C=O) groups is 2. The maximum atomic E-state index is 12.9. The number of amides is 2. The van der Waals surface area contributed by atoms with Gasteiger partial charge in [0.05, 0.1) is 13.7 Å². The molecule has 0 bridgehead atoms. The number of carbonyl (C=O) groups excluding carboxylic acids is 2. The number of benzene rings is 2. The van der Waals surface area contributed by atoms with Gasteiger partial charge in [-0.2, -0.15) is 0 Å². The molecule has 0 heterocycles. The summed E-state index contributed by atoms with van der Waals surface area (Å²) in [5.74, 6) is -0.902. The predicted octanol–water partition coefficient (Wildman–Crippen LogP) is 1.24. The Morgan fingerprint density at radius 3 is 2.56 bits per heavy atom. The Morgan fingerprint density at radius 2 is 1.92 bits per heavy atom. The summed E-state index contributed by atoms with van der Waals surface area (Å²) in [5.41, 5.74) is 1.01. The molecule has 2 aromatic rings. The average Bonchev–Trinajstić information content (AvgIpc) is 2.65. The fraction of sp³-hybridized carbons (Fsp3) is 0.222. The third-order valence-corrected chi connectivity index (χ3v) is 3.52. The van der Waals surface area contributed by atoms with Crippen molar-refractivity contribution in [1.29, 1.82) is 0 Å². The van der Waals surface area contributed by atoms with Crippen molar-refractivity contribution in [3.63, 3.8) is 0 Å². The van der Waals surface area contributed by atoms with Crippen molar-refractivity contribution in [3.8, 4) is 5.75 Å². The standard InChI is InChI=1S/C18H19FN2O4/c1-25-15-4-2-3-13(9-15)17(23)21-16(11-22)18(24)20-10-12-5-7-14(19)8-6-12/h2-9,16,22H,10-11H2,1H3,(H,20,24)(H,21,23)/t16-/m0/s1. The molecule has 6 nitrogen and oxygen atoms in total. The lowest BCUT2D eigenvalue weighted by atomic mass is 10.1. The largest absolute Gasteiger partial charge is 0.497 e. The third-order valence-electron chi connectivity index (χ3n) is 3.52. The first kappa shape index (κ1) is 18.4. The van der Waals surface area contributed by atoms with Gasteiger partial charge in [-0.05, 0) is 35.9 Å². The van der Waals surface area contributed by atoms with Crippen molar-refractivity contribution in [2.45, 2.75) is 12.6 Å². The van der Waals surface area contributed by atoms with Gasteiger partial charge in [0, 0.05) is 12.1 Å². The average molecular weight is 346 g/mol. The van der Waals surface area contributed by atoms with E-state index in [2.05, 4.69) is 10.6 Å². The van der Waals surface area contributed by atoms with E-state index in [9.17, 15) is 19.1 Å². The van der Waals surface area contributed by atoms with Crippen LogP contribution in [0.4, 0.5) is 4.39 Å². The molecule has 0 saturated heterocycles. The lowest BCUT2D eigenvalue weighted by molar-refractivity contribution is -0.124. The van der Waals surface area contributed by atoms with Crippen LogP contribution in [-0.2, 0) is 11.3 Å². The molecule has 0 radical (unpaired) electrons. The maximum Gasteiger partial charge on any atom is 0.252 e. The number of halogens is 1. The van der Waals surface area contributed by atoms with Crippen LogP contribution in [0.25, 0.3) is 0 Å². The molecule has 0 aliphatic carbocycles. The molecule has 25 heavy (non-hydrogen) atoms. The Labute approximate surface area is 144 Å². The summed E-state index contributed by atoms with van der Waals surface area (Å²) in [6.07, 6.45) is 0. The van der Waals surface area contributed by atoms with Crippen LogP contribution in [0, 0.1) is 5.82 Å². The van der Waals surface area contributed by atoms with E-state index in [-0.39, 0.29) is 12.4 Å². The number of hydrogen-bond acceptors (Lipinski definition) is 4. The number of hydrogen-bond donors (Lipinski definition) is 3. The van der Waals surface area contributed by atoms with Crippen molar-refractivity contribution < 1.29 is 23.8 Å². The Balaban J connectivity index is 1.94. The molecule has 2 amide bonds. The highest BCUT2D eigenvalue weighted by atomic mass is 19.1. The predicted molar refractivity (Wildman–Crippen MR) is 89.6 cm³/mol. The van der Waals surface area contributed by atoms with Crippen LogP contribution >= 0.6 is 0 Å². The van der Waals surface area contributed by atoms with Crippen molar-refractivity contribution in [2.24, 2.45) is 0 Å². The Hall–Kier alpha value is -2.93. The van der Waals surface area contributed by atoms with Crippen molar-refractivity contribution >= 4 is 11.8 Å². The lowest BCUT2D eigenvalue weighted by Crippen LogP contribution is -2.48. The van der Waals surface area contributed by atoms with Crippen LogP contribution in [0.1, 0.15) is 15.9 Å². The fourth-order valence-corrected chi connectivity index (χ4v) is 2.11. The van der Waals surface area contributed by atoms with Gasteiger partial charge in [-0.1, -0.05) is 18.2 Å². The van der Waals surface area contributed by atoms with Gasteiger partial charge in [-0.15, -0.1) is 0 Å². The molecule has 0 aromatic heterocycles. The zero-order valence-electron chi connectivity index (χ0n) is 13.7. The second-order valence-electron chi connectivity index (χ2n) is 5.28. The third kappa shape index (κ3) is 5.29. The summed E-state index contributed by atoms with van der Waals surface area (Å²) >= 11 is 0. The summed E-state index contributed by atoms with van der Waals surface area (Å²) in [4.78, 5) is 24.3. The van der Waals surface area contributed by atoms with E-state index in [1.54, 1.807) is 30.3 Å². The molecule has 0 fully saturated rings. The zero-order chi connectivity index (χ0) is 18.2. The molecular formula is C18H19FN2O4. The first-order valence-corrected chi connectivity index (χ1v) is 7.61. The molecule has 0 spiro atoms. The Kier molecular flexibility index (Phi) is 6.47. The van der Waals surface area contributed by atoms with Gasteiger partial charge in [0.1, 0.15) is 17.6 Å². The minimum absolute atomic E-state index is 0.157. The second kappa shape index (κ2) is 8.79. The van der Waals surface area contributed by atoms with Crippen LogP contribution in [0.5, 0.6) is 5.75 Å². The maximum absolute atomic E-state index is 12.9. The monoisotopic (exact) mass is 346 g/mol. The van der Waals surface area contributed by atoms with Gasteiger partial charge < -0.3 is 20.5 Å². The number of rotatable bonds is 7. The summed E-state index contributed by atoms with van der Waals surface area (Å²) in [6.45, 7) is -0.393. The number of aliphatic hydroxyl groups excluding tert-OH is 1. The molecule has 0 saturated carbocycles. The van der Waals surface area contributed by atoms with Crippen LogP contribution in [0.2, 0.25) is 0 Å². The molecular weight excluding hydrogens is 327 g/mol. The number of methoxy groups -OCH3 is 1. The summed E-state index contributed by atoms with van der Waals surface area (Å²) in [7, 11) is 1.48. The Bertz CT molecular complexity index is 734. The van der Waals surface area contributed by atoms with E-state index < -0.39 is 24.5 Å². The van der Waals surface area contributed by atoms with Crippen molar-refractivity contribution in [3.05, 3.63) is 65.5 Å². The van der Waals surface area contributed by atoms with Crippen molar-refractivity contribution in [2.75, 3.05) is 13.7 Å². The smallest absolute Gasteiger partial charge is 0.252 e. The Morgan fingerprint density at radius 1 is 1.20 bits per heavy atom. The van der Waals surface area contributed by atoms with Gasteiger partial charge in [0.15, 0.2) is 0 Å². The van der Waals surface area contributed by atoms with Gasteiger partial charge in [-0.25, -0.2) is 4.39 Å². The van der Waals surface area contributed by atoms with E-state index in [1.807, 2.05) is 0 Å². The van der Waals surface area contributed by atoms with E-state index in [4.69, 9.17) is 4.74 Å². The fourth-order valence-electron chi connectivity index (χ4n) is 2.11. The van der Waals surface area contributed by atoms with Gasteiger partial charge >= 0.3 is 0 Å². The van der Waals surface area contributed by atoms with Crippen LogP contribution in [0.15, 0.2) is 48.5 Å². The minimum Gasteiger partial charge on any atom is -0.497 e. The number of nitrogens with one attached hydrogen (secondary N) is 2. The number of ether oxygens (including phenoxy) is 1. The summed E-state index contributed by atoms with van der Waals surface area (Å²) < 4.78 is 17.9. The quantitative estimate of drug-likeness (QED) is 0.704. The molecule has 0 unspecified atom stereocenters. The second-order valence-corrected chi connectivity index (χ2v) is 5.28. The minimum atomic E-state index is -1.10. The van der Waals surface area contributed by atoms with E-state index in [1.165, 1.54) is 25.3 Å². The molecule has 2 rings (SSSR count). The SMILES string of the molecule is COc1cccc(C(=O)N[C@@H](CO)C(=O)NCc2ccc(F)cc2)c1. The van der Waals surface area contributed by atoms with Crippen LogP contribution in [0.3, 0.4) is 0 Å². The molecule has 3 N–H and O–H groups in total. The molecule has 132 valence electrons. The van der Waals surface area contributed by atoms with E-state index in [0.29, 0.717) is 16.9 Å². The van der Waals surface area contributed by atoms with Crippen molar-refractivity contribution in [1.82, 2.24) is 10.6 Å². The molecule has 7 heteroatoms. The molecule has 0 aliphatic rings. The molecule has 1 atom stereocenters. The highest BCUT2D eigenvalue weighted by Crippen LogP contribution is 2.12. The van der Waals surface area contributed by atoms with Gasteiger partial charge in [0.2, 0.25) is 5.91 Å². The van der Waals surface area contributed by atoms with E-state index >= 15 is 0 Å². The van der Waals surface area contributed by atoms with Gasteiger partial charge in [-0.3, -0.25) is 9.59 Å². The van der Waals surface area contributed by atoms with Crippen LogP contribution in [-0.4, -0.2) is 36.7 Å². The summed E-state index contributed by atoms with van der Waals surface area (Å²) in [6, 6.07) is 11.0. The highest BCUT2D eigenvalue weighted by molar-refractivity contribution is 5.97. The topological polar surface area (TPSA) is 87.7 Å².